The van der Waals surface area contributed by atoms with E-state index >= 15 is 0 Å². The molecule has 2 aliphatic rings. The van der Waals surface area contributed by atoms with E-state index < -0.39 is 5.60 Å². The summed E-state index contributed by atoms with van der Waals surface area (Å²) >= 11 is 0. The number of aromatic nitrogens is 4. The summed E-state index contributed by atoms with van der Waals surface area (Å²) in [6.45, 7) is 9.26. The fraction of sp³-hybridized carbons (Fsp3) is 0.516. The Hall–Kier alpha value is -3.21. The van der Waals surface area contributed by atoms with Gasteiger partial charge in [0.05, 0.1) is 23.9 Å². The Kier molecular flexibility index (Phi) is 10.5. The molecule has 6 rings (SSSR count). The first kappa shape index (κ1) is 31.7. The van der Waals surface area contributed by atoms with Gasteiger partial charge in [0.1, 0.15) is 17.0 Å². The first-order chi connectivity index (χ1) is 19.7. The summed E-state index contributed by atoms with van der Waals surface area (Å²) in [5.74, 6) is 2.66. The van der Waals surface area contributed by atoms with Gasteiger partial charge in [0.25, 0.3) is 0 Å². The third-order valence-corrected chi connectivity index (χ3v) is 7.67. The van der Waals surface area contributed by atoms with Crippen LogP contribution in [0.1, 0.15) is 69.7 Å². The number of likely N-dealkylation sites (tertiary alicyclic amines) is 1. The molecule has 4 aromatic heterocycles. The van der Waals surface area contributed by atoms with Crippen LogP contribution in [0.5, 0.6) is 0 Å². The molecular formula is C31H42N6O4V. The Morgan fingerprint density at radius 2 is 1.33 bits per heavy atom. The van der Waals surface area contributed by atoms with Crippen LogP contribution in [0.4, 0.5) is 4.79 Å². The van der Waals surface area contributed by atoms with Crippen molar-refractivity contribution < 1.29 is 36.9 Å². The maximum Gasteiger partial charge on any atom is 0.410 e. The number of ether oxygens (including phenoxy) is 1. The molecule has 0 bridgehead atoms. The van der Waals surface area contributed by atoms with Crippen molar-refractivity contribution in [3.63, 3.8) is 0 Å². The minimum atomic E-state index is -0.452. The van der Waals surface area contributed by atoms with Gasteiger partial charge in [0.2, 0.25) is 0 Å². The van der Waals surface area contributed by atoms with Gasteiger partial charge in [0, 0.05) is 57.6 Å². The number of aryl methyl sites for hydroxylation is 2. The van der Waals surface area contributed by atoms with Crippen LogP contribution >= 0.6 is 0 Å². The van der Waals surface area contributed by atoms with Crippen LogP contribution in [0.15, 0.2) is 57.8 Å². The van der Waals surface area contributed by atoms with Gasteiger partial charge < -0.3 is 23.8 Å². The number of nitrogens with one attached hydrogen (secondary N) is 1. The average molecular weight is 614 g/mol. The molecule has 6 heterocycles. The molecular weight excluding hydrogens is 571 g/mol. The average Bonchev–Trinajstić information content (AvgIpc) is 3.76. The van der Waals surface area contributed by atoms with Gasteiger partial charge in [-0.3, -0.25) is 9.36 Å². The fourth-order valence-electron chi connectivity index (χ4n) is 5.49. The van der Waals surface area contributed by atoms with Crippen LogP contribution < -0.4 is 5.32 Å². The number of piperidine rings is 2. The first-order valence-corrected chi connectivity index (χ1v) is 14.5. The smallest absolute Gasteiger partial charge is 0.410 e. The molecule has 1 radical (unpaired) electrons. The van der Waals surface area contributed by atoms with Crippen molar-refractivity contribution in [2.24, 2.45) is 14.1 Å². The van der Waals surface area contributed by atoms with Crippen LogP contribution in [0.3, 0.4) is 0 Å². The molecule has 0 spiro atoms. The van der Waals surface area contributed by atoms with Crippen molar-refractivity contribution in [2.75, 3.05) is 26.2 Å². The quantitative estimate of drug-likeness (QED) is 0.304. The summed E-state index contributed by atoms with van der Waals surface area (Å²) in [6, 6.07) is 11.9. The summed E-state index contributed by atoms with van der Waals surface area (Å²) in [5, 5.41) is 12.6. The number of nitrogens with zero attached hydrogens (tertiary/aromatic N) is 5. The van der Waals surface area contributed by atoms with Crippen LogP contribution in [-0.4, -0.2) is 62.3 Å². The molecule has 225 valence electrons. The largest absolute Gasteiger partial charge is 0.463 e. The number of amides is 1. The van der Waals surface area contributed by atoms with Gasteiger partial charge in [0.15, 0.2) is 11.5 Å². The Bertz CT molecular complexity index is 1390. The van der Waals surface area contributed by atoms with Crippen molar-refractivity contribution in [1.29, 1.82) is 0 Å². The summed E-state index contributed by atoms with van der Waals surface area (Å²) < 4.78 is 20.1. The van der Waals surface area contributed by atoms with E-state index in [2.05, 4.69) is 27.6 Å². The molecule has 1 N–H and O–H groups in total. The monoisotopic (exact) mass is 613 g/mol. The van der Waals surface area contributed by atoms with Crippen molar-refractivity contribution in [1.82, 2.24) is 29.8 Å². The number of rotatable bonds is 4. The molecule has 0 saturated carbocycles. The van der Waals surface area contributed by atoms with Gasteiger partial charge in [-0.15, -0.1) is 0 Å². The van der Waals surface area contributed by atoms with E-state index in [0.717, 1.165) is 54.5 Å². The predicted molar refractivity (Wildman–Crippen MR) is 156 cm³/mol. The van der Waals surface area contributed by atoms with Crippen molar-refractivity contribution in [2.45, 2.75) is 63.9 Å². The summed E-state index contributed by atoms with van der Waals surface area (Å²) in [4.78, 5) is 13.9. The fourth-order valence-corrected chi connectivity index (χ4v) is 5.49. The molecule has 42 heavy (non-hydrogen) atoms. The zero-order chi connectivity index (χ0) is 29.0. The molecule has 1 amide bonds. The topological polar surface area (TPSA) is 103 Å². The van der Waals surface area contributed by atoms with Crippen LogP contribution in [0.25, 0.3) is 22.9 Å². The Balaban J connectivity index is 0.000000198. The normalized spacial score (nSPS) is 16.5. The van der Waals surface area contributed by atoms with Gasteiger partial charge >= 0.3 is 6.09 Å². The van der Waals surface area contributed by atoms with Crippen molar-refractivity contribution in [3.8, 4) is 22.9 Å². The van der Waals surface area contributed by atoms with E-state index in [1.54, 1.807) is 17.4 Å². The molecule has 4 aromatic rings. The minimum absolute atomic E-state index is 0. The van der Waals surface area contributed by atoms with Gasteiger partial charge in [-0.25, -0.2) is 4.79 Å². The zero-order valence-corrected chi connectivity index (χ0v) is 26.6. The number of carbonyl (C=O) groups excluding carboxylic acids is 1. The minimum Gasteiger partial charge on any atom is -0.463 e. The van der Waals surface area contributed by atoms with Crippen LogP contribution in [0, 0.1) is 0 Å². The second kappa shape index (κ2) is 13.8. The van der Waals surface area contributed by atoms with E-state index in [1.165, 1.54) is 18.5 Å². The first-order valence-electron chi connectivity index (χ1n) is 14.5. The van der Waals surface area contributed by atoms with Crippen LogP contribution in [-0.2, 0) is 37.4 Å². The molecule has 0 aliphatic carbocycles. The molecule has 10 nitrogen and oxygen atoms in total. The molecule has 2 saturated heterocycles. The number of hydrogen-bond acceptors (Lipinski definition) is 7. The van der Waals surface area contributed by atoms with Gasteiger partial charge in [-0.2, -0.15) is 10.2 Å². The third kappa shape index (κ3) is 7.79. The Labute approximate surface area is 259 Å². The molecule has 0 aromatic carbocycles. The molecule has 11 heteroatoms. The Morgan fingerprint density at radius 3 is 1.76 bits per heavy atom. The molecule has 2 fully saturated rings. The SMILES string of the molecule is Cn1nc(C2CCN(C(=O)OC(C)(C)C)CC2)cc1-c1ccco1.Cn1nc(C2CCNCC2)cc1-c1ccco1.[V]. The van der Waals surface area contributed by atoms with Crippen molar-refractivity contribution >= 4 is 6.09 Å². The standard InChI is InChI=1S/C18H25N3O3.C13H17N3O.V/c1-18(2,3)24-17(22)21-9-7-13(8-10-21)14-12-15(20(4)19-14)16-6-5-11-23-16;1-16-12(13-3-2-8-17-13)9-11(15-16)10-4-6-14-7-5-10;/h5-6,11-13H,7-10H2,1-4H3;2-3,8-10,14H,4-7H2,1H3;. The number of hydrogen-bond donors (Lipinski definition) is 1. The van der Waals surface area contributed by atoms with E-state index in [9.17, 15) is 4.79 Å². The summed E-state index contributed by atoms with van der Waals surface area (Å²) in [5.41, 5.74) is 3.84. The molecule has 2 aliphatic heterocycles. The molecule has 0 unspecified atom stereocenters. The summed E-state index contributed by atoms with van der Waals surface area (Å²) in [6.07, 6.45) is 7.29. The second-order valence-corrected chi connectivity index (χ2v) is 11.9. The second-order valence-electron chi connectivity index (χ2n) is 11.9. The van der Waals surface area contributed by atoms with E-state index in [1.807, 2.05) is 68.5 Å². The van der Waals surface area contributed by atoms with E-state index in [-0.39, 0.29) is 24.6 Å². The van der Waals surface area contributed by atoms with Crippen LogP contribution in [0.2, 0.25) is 0 Å². The van der Waals surface area contributed by atoms with E-state index in [4.69, 9.17) is 13.6 Å². The summed E-state index contributed by atoms with van der Waals surface area (Å²) in [7, 11) is 3.90. The zero-order valence-electron chi connectivity index (χ0n) is 25.2. The van der Waals surface area contributed by atoms with Gasteiger partial charge in [-0.05, 0) is 95.9 Å². The third-order valence-electron chi connectivity index (χ3n) is 7.67. The molecule has 0 atom stereocenters. The number of carbonyl (C=O) groups is 1. The maximum atomic E-state index is 12.1. The van der Waals surface area contributed by atoms with Crippen molar-refractivity contribution in [3.05, 3.63) is 60.3 Å². The van der Waals surface area contributed by atoms with Gasteiger partial charge in [-0.1, -0.05) is 0 Å². The maximum absolute atomic E-state index is 12.1. The number of furan rings is 2. The predicted octanol–water partition coefficient (Wildman–Crippen LogP) is 5.94. The van der Waals surface area contributed by atoms with E-state index in [0.29, 0.717) is 24.9 Å². The Morgan fingerprint density at radius 1 is 0.857 bits per heavy atom.